The molecule has 26 rings (SSSR count). The average Bonchev–Trinajstić information content (AvgIpc) is 1.44. The van der Waals surface area contributed by atoms with Crippen LogP contribution in [0.25, 0.3) is 259 Å². The van der Waals surface area contributed by atoms with Gasteiger partial charge >= 0.3 is 0 Å². The van der Waals surface area contributed by atoms with Crippen molar-refractivity contribution in [1.82, 2.24) is 19.9 Å². The Morgan fingerprint density at radius 1 is 0.135 bits per heavy atom. The van der Waals surface area contributed by atoms with Crippen LogP contribution in [0.1, 0.15) is 0 Å². The lowest BCUT2D eigenvalue weighted by Crippen LogP contribution is -1.97. The van der Waals surface area contributed by atoms with Crippen molar-refractivity contribution in [3.05, 3.63) is 413 Å². The van der Waals surface area contributed by atoms with Crippen LogP contribution in [0.15, 0.2) is 421 Å². The second-order valence-corrected chi connectivity index (χ2v) is 36.6. The number of aromatic nitrogens is 4. The number of thiophene rings is 4. The van der Waals surface area contributed by atoms with Crippen LogP contribution in [0, 0.1) is 0 Å². The Labute approximate surface area is 739 Å². The molecule has 8 aromatic heterocycles. The van der Waals surface area contributed by atoms with Gasteiger partial charge in [-0.25, -0.2) is 19.9 Å². The Bertz CT molecular complexity index is 8610. The lowest BCUT2D eigenvalue weighted by atomic mass is 9.93. The van der Waals surface area contributed by atoms with Crippen molar-refractivity contribution in [3.63, 3.8) is 0 Å². The third-order valence-corrected chi connectivity index (χ3v) is 29.2. The lowest BCUT2D eigenvalue weighted by Gasteiger charge is -2.14. The Balaban J connectivity index is 0.000000137. The molecule has 0 saturated heterocycles. The molecule has 8 heterocycles. The van der Waals surface area contributed by atoms with Gasteiger partial charge in [-0.2, -0.15) is 0 Å². The maximum absolute atomic E-state index is 6.17. The van der Waals surface area contributed by atoms with Crippen molar-refractivity contribution in [1.29, 1.82) is 0 Å². The maximum Gasteiger partial charge on any atom is 0.160 e. The summed E-state index contributed by atoms with van der Waals surface area (Å²) in [6, 6.07) is 148. The zero-order valence-electron chi connectivity index (χ0n) is 67.5. The fraction of sp³-hybridized carbons (Fsp3) is 0. The van der Waals surface area contributed by atoms with Crippen LogP contribution >= 0.6 is 45.3 Å². The van der Waals surface area contributed by atoms with Gasteiger partial charge in [-0.05, 0) is 231 Å². The molecule has 0 N–H and O–H groups in total. The highest BCUT2D eigenvalue weighted by Gasteiger charge is 2.22. The van der Waals surface area contributed by atoms with Crippen molar-refractivity contribution < 1.29 is 8.83 Å². The average molecular weight is 1680 g/mol. The van der Waals surface area contributed by atoms with Gasteiger partial charge in [-0.15, -0.1) is 45.3 Å². The predicted octanol–water partition coefficient (Wildman–Crippen LogP) is 34.2. The van der Waals surface area contributed by atoms with Crippen LogP contribution < -0.4 is 0 Å². The minimum Gasteiger partial charge on any atom is -0.456 e. The number of para-hydroxylation sites is 2. The van der Waals surface area contributed by atoms with E-state index in [1.165, 1.54) is 103 Å². The summed E-state index contributed by atoms with van der Waals surface area (Å²) >= 11 is 7.39. The van der Waals surface area contributed by atoms with Crippen LogP contribution in [0.5, 0.6) is 0 Å². The molecule has 0 radical (unpaired) electrons. The number of benzene rings is 18. The standard InChI is InChI=1S/2C58H34N2OS2/c1-2-11-35(12-3-1)58-59-50(40-14-10-13-36(27-40)37-21-24-53-47(31-37)44-15-4-7-18-52(44)61-53)34-51(60-58)43-29-41(38-22-25-56-48(32-38)45-16-5-8-19-54(45)62-56)28-42(30-43)39-23-26-57-49(33-39)46-17-6-9-20-55(46)63-57;1-2-10-37(11-3-1)58-59-50(36-20-18-35(19-21-36)38-22-25-53-47(31-38)44-12-4-7-15-52(44)61-53)34-51(60-58)43-29-41(39-23-26-56-48(32-39)45-13-5-8-16-54(45)62-56)28-42(30-43)40-24-27-57-49(33-40)46-14-6-9-17-55(46)63-57/h2*1-34H. The highest BCUT2D eigenvalue weighted by atomic mass is 32.1. The van der Waals surface area contributed by atoms with E-state index in [0.29, 0.717) is 11.6 Å². The van der Waals surface area contributed by atoms with Gasteiger partial charge in [0.25, 0.3) is 0 Å². The van der Waals surface area contributed by atoms with Crippen molar-refractivity contribution in [3.8, 4) is 135 Å². The second-order valence-electron chi connectivity index (χ2n) is 32.3. The molecule has 588 valence electrons. The molecule has 0 aliphatic carbocycles. The first-order chi connectivity index (χ1) is 62.3. The van der Waals surface area contributed by atoms with E-state index in [-0.39, 0.29) is 0 Å². The molecule has 0 unspecified atom stereocenters. The first-order valence-electron chi connectivity index (χ1n) is 42.2. The van der Waals surface area contributed by atoms with Gasteiger partial charge in [-0.1, -0.05) is 249 Å². The first kappa shape index (κ1) is 73.3. The van der Waals surface area contributed by atoms with Crippen LogP contribution in [0.2, 0.25) is 0 Å². The van der Waals surface area contributed by atoms with Crippen LogP contribution in [-0.4, -0.2) is 19.9 Å². The van der Waals surface area contributed by atoms with Gasteiger partial charge in [0.2, 0.25) is 0 Å². The van der Waals surface area contributed by atoms with Crippen molar-refractivity contribution >= 4 is 170 Å². The van der Waals surface area contributed by atoms with E-state index in [4.69, 9.17) is 28.8 Å². The number of fused-ring (bicyclic) bond motifs is 18. The predicted molar refractivity (Wildman–Crippen MR) is 535 cm³/mol. The van der Waals surface area contributed by atoms with E-state index >= 15 is 0 Å². The molecule has 126 heavy (non-hydrogen) atoms. The van der Waals surface area contributed by atoms with Gasteiger partial charge in [0.05, 0.1) is 22.8 Å². The summed E-state index contributed by atoms with van der Waals surface area (Å²) in [4.78, 5) is 21.2. The molecule has 0 aliphatic rings. The van der Waals surface area contributed by atoms with Gasteiger partial charge in [0, 0.05) is 136 Å². The Morgan fingerprint density at radius 3 is 0.778 bits per heavy atom. The fourth-order valence-electron chi connectivity index (χ4n) is 18.3. The van der Waals surface area contributed by atoms with Gasteiger partial charge in [-0.3, -0.25) is 0 Å². The fourth-order valence-corrected chi connectivity index (χ4v) is 22.6. The number of hydrogen-bond acceptors (Lipinski definition) is 10. The quantitative estimate of drug-likeness (QED) is 0.121. The van der Waals surface area contributed by atoms with Crippen molar-refractivity contribution in [2.45, 2.75) is 0 Å². The summed E-state index contributed by atoms with van der Waals surface area (Å²) in [5, 5.41) is 14.8. The SMILES string of the molecule is c1ccc(-c2nc(-c3ccc(-c4ccc5oc6ccccc6c5c4)cc3)cc(-c3cc(-c4ccc5sc6ccccc6c5c4)cc(-c4ccc5sc6ccccc6c5c4)c3)n2)cc1.c1ccc(-c2nc(-c3cccc(-c4ccc5oc6ccccc6c5c4)c3)cc(-c3cc(-c4ccc5sc6ccccc6c5c4)cc(-c4ccc5sc6ccccc6c5c4)c3)n2)cc1. The van der Waals surface area contributed by atoms with Crippen molar-refractivity contribution in [2.24, 2.45) is 0 Å². The van der Waals surface area contributed by atoms with Crippen LogP contribution in [0.3, 0.4) is 0 Å². The summed E-state index contributed by atoms with van der Waals surface area (Å²) in [6.07, 6.45) is 0. The molecule has 0 atom stereocenters. The molecule has 10 heteroatoms. The summed E-state index contributed by atoms with van der Waals surface area (Å²) in [5.41, 5.74) is 26.8. The lowest BCUT2D eigenvalue weighted by molar-refractivity contribution is 0.668. The smallest absolute Gasteiger partial charge is 0.160 e. The minimum absolute atomic E-state index is 0.684. The number of nitrogens with zero attached hydrogens (tertiary/aromatic N) is 4. The number of rotatable bonds is 12. The third-order valence-electron chi connectivity index (χ3n) is 24.6. The molecule has 0 aliphatic heterocycles. The summed E-state index contributed by atoms with van der Waals surface area (Å²) in [7, 11) is 0. The monoisotopic (exact) mass is 1680 g/mol. The number of furan rings is 2. The third kappa shape index (κ3) is 13.2. The topological polar surface area (TPSA) is 77.8 Å². The van der Waals surface area contributed by atoms with E-state index in [1.807, 2.05) is 93.9 Å². The Hall–Kier alpha value is -15.4. The second kappa shape index (κ2) is 30.3. The molecule has 18 aromatic carbocycles. The summed E-state index contributed by atoms with van der Waals surface area (Å²) in [6.45, 7) is 0. The van der Waals surface area contributed by atoms with E-state index in [2.05, 4.69) is 364 Å². The zero-order chi connectivity index (χ0) is 82.9. The van der Waals surface area contributed by atoms with E-state index < -0.39 is 0 Å². The molecule has 0 fully saturated rings. The van der Waals surface area contributed by atoms with Gasteiger partial charge in [0.15, 0.2) is 11.6 Å². The number of hydrogen-bond donors (Lipinski definition) is 0. The largest absolute Gasteiger partial charge is 0.456 e. The molecular weight excluding hydrogens is 1610 g/mol. The van der Waals surface area contributed by atoms with Crippen molar-refractivity contribution in [2.75, 3.05) is 0 Å². The van der Waals surface area contributed by atoms with E-state index in [0.717, 1.165) is 145 Å². The highest BCUT2D eigenvalue weighted by molar-refractivity contribution is 7.27. The molecule has 0 spiro atoms. The summed E-state index contributed by atoms with van der Waals surface area (Å²) < 4.78 is 22.7. The molecular formula is C116H68N4O2S4. The molecule has 0 bridgehead atoms. The van der Waals surface area contributed by atoms with E-state index in [9.17, 15) is 0 Å². The highest BCUT2D eigenvalue weighted by Crippen LogP contribution is 2.47. The molecule has 6 nitrogen and oxygen atoms in total. The molecule has 0 saturated carbocycles. The maximum atomic E-state index is 6.17. The minimum atomic E-state index is 0.684. The summed E-state index contributed by atoms with van der Waals surface area (Å²) in [5.74, 6) is 1.37. The first-order valence-corrected chi connectivity index (χ1v) is 45.5. The van der Waals surface area contributed by atoms with Gasteiger partial charge < -0.3 is 8.83 Å². The van der Waals surface area contributed by atoms with E-state index in [1.54, 1.807) is 0 Å². The van der Waals surface area contributed by atoms with Crippen LogP contribution in [-0.2, 0) is 0 Å². The molecule has 0 amide bonds. The Morgan fingerprint density at radius 2 is 0.381 bits per heavy atom. The van der Waals surface area contributed by atoms with Crippen LogP contribution in [0.4, 0.5) is 0 Å². The normalized spacial score (nSPS) is 11.8. The molecule has 26 aromatic rings. The Kier molecular flexibility index (Phi) is 17.6. The van der Waals surface area contributed by atoms with Gasteiger partial charge in [0.1, 0.15) is 22.3 Å². The zero-order valence-corrected chi connectivity index (χ0v) is 70.8.